The molecule has 1 aliphatic heterocycles. The Morgan fingerprint density at radius 1 is 1.26 bits per heavy atom. The van der Waals surface area contributed by atoms with E-state index in [0.717, 1.165) is 12.0 Å². The molecular formula is C15H23NO3. The quantitative estimate of drug-likeness (QED) is 0.830. The smallest absolute Gasteiger partial charge is 0.231 e. The molecule has 0 spiro atoms. The SMILES string of the molecule is CCC(C)CC(C)NCc1cc2c(cc1O)OCO2. The third-order valence-electron chi connectivity index (χ3n) is 3.67. The maximum atomic E-state index is 9.94. The summed E-state index contributed by atoms with van der Waals surface area (Å²) in [5.74, 6) is 2.30. The van der Waals surface area contributed by atoms with Gasteiger partial charge in [-0.1, -0.05) is 20.3 Å². The first kappa shape index (κ1) is 14.0. The van der Waals surface area contributed by atoms with E-state index in [1.165, 1.54) is 6.42 Å². The minimum Gasteiger partial charge on any atom is -0.507 e. The summed E-state index contributed by atoms with van der Waals surface area (Å²) in [5.41, 5.74) is 0.847. The van der Waals surface area contributed by atoms with Gasteiger partial charge in [-0.3, -0.25) is 0 Å². The molecule has 19 heavy (non-hydrogen) atoms. The predicted molar refractivity (Wildman–Crippen MR) is 74.6 cm³/mol. The van der Waals surface area contributed by atoms with Crippen LogP contribution in [0.1, 0.15) is 39.2 Å². The maximum Gasteiger partial charge on any atom is 0.231 e. The van der Waals surface area contributed by atoms with Crippen molar-refractivity contribution < 1.29 is 14.6 Å². The molecule has 2 unspecified atom stereocenters. The number of hydrogen-bond donors (Lipinski definition) is 2. The zero-order valence-corrected chi connectivity index (χ0v) is 11.9. The van der Waals surface area contributed by atoms with Gasteiger partial charge in [-0.2, -0.15) is 0 Å². The molecule has 1 aromatic carbocycles. The van der Waals surface area contributed by atoms with Gasteiger partial charge >= 0.3 is 0 Å². The summed E-state index contributed by atoms with van der Waals surface area (Å²) in [5, 5.41) is 13.4. The molecule has 4 nitrogen and oxygen atoms in total. The molecule has 1 heterocycles. The zero-order valence-electron chi connectivity index (χ0n) is 11.9. The Morgan fingerprint density at radius 3 is 2.63 bits per heavy atom. The van der Waals surface area contributed by atoms with Crippen molar-refractivity contribution in [3.05, 3.63) is 17.7 Å². The van der Waals surface area contributed by atoms with E-state index in [1.54, 1.807) is 6.07 Å². The monoisotopic (exact) mass is 265 g/mol. The fourth-order valence-electron chi connectivity index (χ4n) is 2.25. The Kier molecular flexibility index (Phi) is 4.53. The standard InChI is InChI=1S/C15H23NO3/c1-4-10(2)5-11(3)16-8-12-6-14-15(7-13(12)17)19-9-18-14/h6-7,10-11,16-17H,4-5,8-9H2,1-3H3. The second-order valence-corrected chi connectivity index (χ2v) is 5.37. The number of rotatable bonds is 6. The van der Waals surface area contributed by atoms with Crippen LogP contribution in [0.3, 0.4) is 0 Å². The fraction of sp³-hybridized carbons (Fsp3) is 0.600. The van der Waals surface area contributed by atoms with Crippen molar-refractivity contribution in [3.63, 3.8) is 0 Å². The Labute approximate surface area is 114 Å². The summed E-state index contributed by atoms with van der Waals surface area (Å²) >= 11 is 0. The van der Waals surface area contributed by atoms with Gasteiger partial charge in [-0.15, -0.1) is 0 Å². The van der Waals surface area contributed by atoms with E-state index in [-0.39, 0.29) is 12.5 Å². The molecule has 2 rings (SSSR count). The first-order valence-corrected chi connectivity index (χ1v) is 6.95. The Hall–Kier alpha value is -1.42. The summed E-state index contributed by atoms with van der Waals surface area (Å²) in [7, 11) is 0. The van der Waals surface area contributed by atoms with E-state index in [9.17, 15) is 5.11 Å². The molecule has 0 fully saturated rings. The lowest BCUT2D eigenvalue weighted by Gasteiger charge is -2.18. The van der Waals surface area contributed by atoms with Crippen molar-refractivity contribution in [2.24, 2.45) is 5.92 Å². The lowest BCUT2D eigenvalue weighted by Crippen LogP contribution is -2.27. The first-order chi connectivity index (χ1) is 9.10. The van der Waals surface area contributed by atoms with Crippen molar-refractivity contribution in [1.29, 1.82) is 0 Å². The largest absolute Gasteiger partial charge is 0.507 e. The molecule has 2 atom stereocenters. The average Bonchev–Trinajstić information content (AvgIpc) is 2.82. The van der Waals surface area contributed by atoms with Crippen LogP contribution in [-0.4, -0.2) is 17.9 Å². The number of hydrogen-bond acceptors (Lipinski definition) is 4. The predicted octanol–water partition coefficient (Wildman–Crippen LogP) is 3.04. The molecule has 0 aromatic heterocycles. The van der Waals surface area contributed by atoms with Crippen LogP contribution in [0, 0.1) is 5.92 Å². The molecule has 0 saturated heterocycles. The second-order valence-electron chi connectivity index (χ2n) is 5.37. The van der Waals surface area contributed by atoms with Crippen LogP contribution in [0.25, 0.3) is 0 Å². The van der Waals surface area contributed by atoms with Gasteiger partial charge in [0.2, 0.25) is 6.79 Å². The first-order valence-electron chi connectivity index (χ1n) is 6.95. The molecule has 1 aromatic rings. The third kappa shape index (κ3) is 3.53. The molecule has 0 radical (unpaired) electrons. The minimum atomic E-state index is 0.232. The van der Waals surface area contributed by atoms with Gasteiger partial charge in [0.25, 0.3) is 0 Å². The summed E-state index contributed by atoms with van der Waals surface area (Å²) in [4.78, 5) is 0. The molecule has 0 amide bonds. The van der Waals surface area contributed by atoms with E-state index in [2.05, 4.69) is 26.1 Å². The normalized spacial score (nSPS) is 16.4. The highest BCUT2D eigenvalue weighted by atomic mass is 16.7. The van der Waals surface area contributed by atoms with Crippen molar-refractivity contribution in [2.75, 3.05) is 6.79 Å². The van der Waals surface area contributed by atoms with E-state index < -0.39 is 0 Å². The molecule has 4 heteroatoms. The number of phenolic OH excluding ortho intramolecular Hbond substituents is 1. The lowest BCUT2D eigenvalue weighted by molar-refractivity contribution is 0.174. The molecule has 0 aliphatic carbocycles. The highest BCUT2D eigenvalue weighted by Crippen LogP contribution is 2.37. The number of aromatic hydroxyl groups is 1. The fourth-order valence-corrected chi connectivity index (χ4v) is 2.25. The van der Waals surface area contributed by atoms with Gasteiger partial charge in [0.15, 0.2) is 11.5 Å². The Balaban J connectivity index is 1.92. The van der Waals surface area contributed by atoms with Crippen LogP contribution >= 0.6 is 0 Å². The third-order valence-corrected chi connectivity index (χ3v) is 3.67. The lowest BCUT2D eigenvalue weighted by atomic mass is 10.0. The molecular weight excluding hydrogens is 242 g/mol. The number of nitrogens with one attached hydrogen (secondary N) is 1. The van der Waals surface area contributed by atoms with Gasteiger partial charge in [0.1, 0.15) is 5.75 Å². The molecule has 2 N–H and O–H groups in total. The van der Waals surface area contributed by atoms with Crippen molar-refractivity contribution in [1.82, 2.24) is 5.32 Å². The van der Waals surface area contributed by atoms with Gasteiger partial charge in [-0.05, 0) is 25.3 Å². The number of benzene rings is 1. The van der Waals surface area contributed by atoms with E-state index in [0.29, 0.717) is 30.0 Å². The van der Waals surface area contributed by atoms with Crippen LogP contribution in [-0.2, 0) is 6.54 Å². The second kappa shape index (κ2) is 6.15. The van der Waals surface area contributed by atoms with E-state index >= 15 is 0 Å². The van der Waals surface area contributed by atoms with Crippen molar-refractivity contribution >= 4 is 0 Å². The van der Waals surface area contributed by atoms with Crippen LogP contribution in [0.15, 0.2) is 12.1 Å². The van der Waals surface area contributed by atoms with Gasteiger partial charge in [-0.25, -0.2) is 0 Å². The van der Waals surface area contributed by atoms with Gasteiger partial charge < -0.3 is 19.9 Å². The topological polar surface area (TPSA) is 50.7 Å². The summed E-state index contributed by atoms with van der Waals surface area (Å²) in [6.45, 7) is 7.52. The van der Waals surface area contributed by atoms with Crippen molar-refractivity contribution in [2.45, 2.75) is 46.2 Å². The molecule has 106 valence electrons. The number of fused-ring (bicyclic) bond motifs is 1. The Bertz CT molecular complexity index is 434. The van der Waals surface area contributed by atoms with Gasteiger partial charge in [0.05, 0.1) is 0 Å². The average molecular weight is 265 g/mol. The molecule has 1 aliphatic rings. The summed E-state index contributed by atoms with van der Waals surface area (Å²) in [6, 6.07) is 3.90. The van der Waals surface area contributed by atoms with Gasteiger partial charge in [0, 0.05) is 24.2 Å². The van der Waals surface area contributed by atoms with E-state index in [4.69, 9.17) is 9.47 Å². The zero-order chi connectivity index (χ0) is 13.8. The summed E-state index contributed by atoms with van der Waals surface area (Å²) in [6.07, 6.45) is 2.34. The number of phenols is 1. The number of ether oxygens (including phenoxy) is 2. The van der Waals surface area contributed by atoms with Crippen LogP contribution in [0.2, 0.25) is 0 Å². The van der Waals surface area contributed by atoms with Crippen LogP contribution < -0.4 is 14.8 Å². The molecule has 0 saturated carbocycles. The van der Waals surface area contributed by atoms with Crippen LogP contribution in [0.4, 0.5) is 0 Å². The van der Waals surface area contributed by atoms with Crippen molar-refractivity contribution in [3.8, 4) is 17.2 Å². The summed E-state index contributed by atoms with van der Waals surface area (Å²) < 4.78 is 10.5. The van der Waals surface area contributed by atoms with Crippen LogP contribution in [0.5, 0.6) is 17.2 Å². The maximum absolute atomic E-state index is 9.94. The minimum absolute atomic E-state index is 0.232. The van der Waals surface area contributed by atoms with E-state index in [1.807, 2.05) is 6.07 Å². The Morgan fingerprint density at radius 2 is 1.95 bits per heavy atom. The highest BCUT2D eigenvalue weighted by molar-refractivity contribution is 5.51. The molecule has 0 bridgehead atoms. The highest BCUT2D eigenvalue weighted by Gasteiger charge is 2.17.